The zero-order valence-electron chi connectivity index (χ0n) is 22.0. The highest BCUT2D eigenvalue weighted by atomic mass is 35.5. The predicted octanol–water partition coefficient (Wildman–Crippen LogP) is 5.42. The minimum absolute atomic E-state index is 0.154. The molecule has 6 rings (SSSR count). The largest absolute Gasteiger partial charge is 0.336 e. The SMILES string of the molecule is O=C(Nc1ccc(Cc2nc3c([nH]2)c(=O)n(Cc2ccccc2F)c(=O)n3CC2CC2)cc1)Nc1cc(Cl)nc(Cl)c1. The monoisotopic (exact) mass is 607 g/mol. The van der Waals surface area contributed by atoms with E-state index in [4.69, 9.17) is 23.2 Å². The second-order valence-corrected chi connectivity index (χ2v) is 10.9. The van der Waals surface area contributed by atoms with Crippen molar-refractivity contribution in [2.24, 2.45) is 5.92 Å². The number of anilines is 2. The lowest BCUT2D eigenvalue weighted by atomic mass is 10.1. The first-order valence-corrected chi connectivity index (χ1v) is 13.9. The third-order valence-corrected chi connectivity index (χ3v) is 7.33. The van der Waals surface area contributed by atoms with Gasteiger partial charge in [0, 0.05) is 29.9 Å². The van der Waals surface area contributed by atoms with Gasteiger partial charge in [-0.2, -0.15) is 0 Å². The molecule has 13 heteroatoms. The Morgan fingerprint density at radius 1 is 0.952 bits per heavy atom. The Balaban J connectivity index is 1.23. The van der Waals surface area contributed by atoms with Gasteiger partial charge in [0.15, 0.2) is 5.65 Å². The van der Waals surface area contributed by atoms with E-state index in [-0.39, 0.29) is 27.9 Å². The van der Waals surface area contributed by atoms with Crippen LogP contribution in [0.3, 0.4) is 0 Å². The van der Waals surface area contributed by atoms with E-state index in [1.54, 1.807) is 30.3 Å². The zero-order valence-corrected chi connectivity index (χ0v) is 23.5. The molecule has 1 aliphatic carbocycles. The van der Waals surface area contributed by atoms with Crippen molar-refractivity contribution in [3.63, 3.8) is 0 Å². The topological polar surface area (TPSA) is 127 Å². The number of urea groups is 1. The van der Waals surface area contributed by atoms with Crippen molar-refractivity contribution in [3.8, 4) is 0 Å². The Hall–Kier alpha value is -4.48. The van der Waals surface area contributed by atoms with Crippen molar-refractivity contribution in [1.82, 2.24) is 24.1 Å². The number of pyridine rings is 1. The number of carbonyl (C=O) groups excluding carboxylic acids is 1. The molecular formula is C29H24Cl2FN7O3. The summed E-state index contributed by atoms with van der Waals surface area (Å²) in [7, 11) is 0. The average Bonchev–Trinajstić information content (AvgIpc) is 3.67. The number of benzene rings is 2. The molecular weight excluding hydrogens is 584 g/mol. The number of fused-ring (bicyclic) bond motifs is 1. The molecule has 0 spiro atoms. The Morgan fingerprint density at radius 2 is 1.64 bits per heavy atom. The molecule has 2 aromatic carbocycles. The summed E-state index contributed by atoms with van der Waals surface area (Å²) >= 11 is 11.8. The lowest BCUT2D eigenvalue weighted by molar-refractivity contribution is 0.262. The van der Waals surface area contributed by atoms with E-state index in [1.807, 2.05) is 12.1 Å². The molecule has 3 heterocycles. The summed E-state index contributed by atoms with van der Waals surface area (Å²) in [6.45, 7) is 0.264. The van der Waals surface area contributed by atoms with Crippen molar-refractivity contribution in [2.75, 3.05) is 10.6 Å². The van der Waals surface area contributed by atoms with Gasteiger partial charge in [0.1, 0.15) is 27.5 Å². The molecule has 2 amide bonds. The van der Waals surface area contributed by atoms with E-state index in [1.165, 1.54) is 22.8 Å². The molecule has 1 saturated carbocycles. The van der Waals surface area contributed by atoms with Crippen LogP contribution in [-0.2, 0) is 19.5 Å². The number of aromatic amines is 1. The normalized spacial score (nSPS) is 12.9. The van der Waals surface area contributed by atoms with Crippen LogP contribution >= 0.6 is 23.2 Å². The molecule has 214 valence electrons. The Labute approximate surface area is 248 Å². The molecule has 10 nitrogen and oxygen atoms in total. The minimum atomic E-state index is -0.550. The molecule has 0 bridgehead atoms. The van der Waals surface area contributed by atoms with Gasteiger partial charge in [-0.15, -0.1) is 0 Å². The van der Waals surface area contributed by atoms with E-state index in [0.717, 1.165) is 23.0 Å². The van der Waals surface area contributed by atoms with Gasteiger partial charge in [-0.3, -0.25) is 13.9 Å². The number of imidazole rings is 1. The molecule has 5 aromatic rings. The number of nitrogens with one attached hydrogen (secondary N) is 3. The number of aromatic nitrogens is 5. The van der Waals surface area contributed by atoms with Gasteiger partial charge in [-0.05, 0) is 54.7 Å². The highest BCUT2D eigenvalue weighted by Crippen LogP contribution is 2.30. The van der Waals surface area contributed by atoms with Gasteiger partial charge < -0.3 is 15.6 Å². The van der Waals surface area contributed by atoms with Crippen molar-refractivity contribution < 1.29 is 9.18 Å². The molecule has 0 radical (unpaired) electrons. The Morgan fingerprint density at radius 3 is 2.33 bits per heavy atom. The van der Waals surface area contributed by atoms with Crippen LogP contribution < -0.4 is 21.9 Å². The van der Waals surface area contributed by atoms with E-state index in [9.17, 15) is 18.8 Å². The third-order valence-electron chi connectivity index (χ3n) is 6.94. The van der Waals surface area contributed by atoms with Crippen LogP contribution in [0.4, 0.5) is 20.6 Å². The smallest absolute Gasteiger partial charge is 0.333 e. The third kappa shape index (κ3) is 6.07. The van der Waals surface area contributed by atoms with Crippen molar-refractivity contribution in [3.05, 3.63) is 115 Å². The maximum absolute atomic E-state index is 14.4. The molecule has 42 heavy (non-hydrogen) atoms. The van der Waals surface area contributed by atoms with Gasteiger partial charge in [-0.1, -0.05) is 53.5 Å². The summed E-state index contributed by atoms with van der Waals surface area (Å²) in [6.07, 6.45) is 2.35. The van der Waals surface area contributed by atoms with E-state index >= 15 is 0 Å². The van der Waals surface area contributed by atoms with Crippen LogP contribution in [0.25, 0.3) is 11.2 Å². The van der Waals surface area contributed by atoms with Gasteiger partial charge in [0.2, 0.25) is 0 Å². The number of halogens is 3. The summed E-state index contributed by atoms with van der Waals surface area (Å²) in [6, 6.07) is 15.6. The quantitative estimate of drug-likeness (QED) is 0.203. The molecule has 0 aliphatic heterocycles. The number of amides is 2. The molecule has 3 N–H and O–H groups in total. The summed E-state index contributed by atoms with van der Waals surface area (Å²) < 4.78 is 16.9. The molecule has 0 unspecified atom stereocenters. The Bertz CT molecular complexity index is 1910. The van der Waals surface area contributed by atoms with Gasteiger partial charge in [0.25, 0.3) is 5.56 Å². The lowest BCUT2D eigenvalue weighted by Crippen LogP contribution is -2.40. The molecule has 1 aliphatic rings. The van der Waals surface area contributed by atoms with Crippen LogP contribution in [0.2, 0.25) is 10.3 Å². The number of hydrogen-bond acceptors (Lipinski definition) is 5. The molecule has 3 aromatic heterocycles. The summed E-state index contributed by atoms with van der Waals surface area (Å²) in [4.78, 5) is 50.8. The van der Waals surface area contributed by atoms with Crippen molar-refractivity contribution in [1.29, 1.82) is 0 Å². The highest BCUT2D eigenvalue weighted by Gasteiger charge is 2.26. The van der Waals surface area contributed by atoms with Crippen molar-refractivity contribution in [2.45, 2.75) is 32.4 Å². The Kier molecular flexibility index (Phi) is 7.53. The van der Waals surface area contributed by atoms with Gasteiger partial charge in [-0.25, -0.2) is 23.9 Å². The maximum atomic E-state index is 14.4. The van der Waals surface area contributed by atoms with E-state index < -0.39 is 23.1 Å². The summed E-state index contributed by atoms with van der Waals surface area (Å²) in [5.74, 6) is 0.361. The average molecular weight is 608 g/mol. The maximum Gasteiger partial charge on any atom is 0.333 e. The van der Waals surface area contributed by atoms with Crippen LogP contribution in [0.1, 0.15) is 29.8 Å². The lowest BCUT2D eigenvalue weighted by Gasteiger charge is -2.11. The van der Waals surface area contributed by atoms with Gasteiger partial charge in [0.05, 0.1) is 6.54 Å². The number of hydrogen-bond donors (Lipinski definition) is 3. The summed E-state index contributed by atoms with van der Waals surface area (Å²) in [5, 5.41) is 5.68. The fourth-order valence-electron chi connectivity index (χ4n) is 4.69. The second kappa shape index (κ2) is 11.4. The fourth-order valence-corrected chi connectivity index (χ4v) is 5.15. The first-order valence-electron chi connectivity index (χ1n) is 13.2. The van der Waals surface area contributed by atoms with Crippen LogP contribution in [0.5, 0.6) is 0 Å². The number of rotatable bonds is 8. The first-order chi connectivity index (χ1) is 20.2. The fraction of sp³-hybridized carbons (Fsp3) is 0.207. The van der Waals surface area contributed by atoms with Crippen LogP contribution in [0, 0.1) is 11.7 Å². The van der Waals surface area contributed by atoms with Gasteiger partial charge >= 0.3 is 11.7 Å². The number of carbonyl (C=O) groups is 1. The highest BCUT2D eigenvalue weighted by molar-refractivity contribution is 6.33. The van der Waals surface area contributed by atoms with E-state index in [2.05, 4.69) is 25.6 Å². The molecule has 1 fully saturated rings. The standard InChI is InChI=1S/C29H24Cl2FN7O3/c30-22-12-20(13-23(31)35-22)34-28(41)33-19-9-7-16(8-10-19)11-24-36-25-26(37-24)38(14-17-5-6-17)29(42)39(27(25)40)15-18-3-1-2-4-21(18)32/h1-4,7-10,12-13,17H,5-6,11,14-15H2,(H,36,37)(H2,33,34,35,41). The van der Waals surface area contributed by atoms with Crippen LogP contribution in [0.15, 0.2) is 70.3 Å². The van der Waals surface area contributed by atoms with Crippen molar-refractivity contribution >= 4 is 51.8 Å². The number of nitrogens with zero attached hydrogens (tertiary/aromatic N) is 4. The van der Waals surface area contributed by atoms with Crippen LogP contribution in [-0.4, -0.2) is 30.1 Å². The second-order valence-electron chi connectivity index (χ2n) is 10.2. The molecule has 0 saturated heterocycles. The predicted molar refractivity (Wildman–Crippen MR) is 159 cm³/mol. The van der Waals surface area contributed by atoms with E-state index in [0.29, 0.717) is 41.7 Å². The minimum Gasteiger partial charge on any atom is -0.336 e. The summed E-state index contributed by atoms with van der Waals surface area (Å²) in [5.41, 5.74) is 1.49. The zero-order chi connectivity index (χ0) is 29.4. The number of H-pyrrole nitrogens is 1. The molecule has 0 atom stereocenters. The first kappa shape index (κ1) is 27.7.